The Morgan fingerprint density at radius 1 is 1.35 bits per heavy atom. The zero-order valence-corrected chi connectivity index (χ0v) is 11.3. The maximum Gasteiger partial charge on any atom is 0.0470 e. The van der Waals surface area contributed by atoms with Gasteiger partial charge in [0.05, 0.1) is 0 Å². The molecule has 0 bridgehead atoms. The number of ether oxygens (including phenoxy) is 1. The smallest absolute Gasteiger partial charge is 0.0470 e. The first-order chi connectivity index (χ1) is 8.40. The summed E-state index contributed by atoms with van der Waals surface area (Å²) in [6, 6.07) is 9.49. The van der Waals surface area contributed by atoms with Gasteiger partial charge in [-0.05, 0) is 30.9 Å². The van der Waals surface area contributed by atoms with E-state index in [4.69, 9.17) is 4.74 Å². The van der Waals surface area contributed by atoms with Crippen LogP contribution in [0.15, 0.2) is 29.2 Å². The molecular formula is C14H21NOS. The van der Waals surface area contributed by atoms with Crippen LogP contribution in [0.1, 0.15) is 24.8 Å². The van der Waals surface area contributed by atoms with Crippen LogP contribution in [-0.4, -0.2) is 25.5 Å². The molecule has 0 saturated heterocycles. The standard InChI is InChI=1S/C14H21NOS/c1-16-9-4-10-17-14-6-3-2-5-12(14)11-15-13-7-8-13/h2-3,5-6,13,15H,4,7-11H2,1H3. The van der Waals surface area contributed by atoms with E-state index in [9.17, 15) is 0 Å². The monoisotopic (exact) mass is 251 g/mol. The summed E-state index contributed by atoms with van der Waals surface area (Å²) in [6.07, 6.45) is 3.82. The van der Waals surface area contributed by atoms with Gasteiger partial charge in [0.1, 0.15) is 0 Å². The normalized spacial score (nSPS) is 15.1. The van der Waals surface area contributed by atoms with Gasteiger partial charge in [0, 0.05) is 37.0 Å². The second-order valence-electron chi connectivity index (χ2n) is 4.46. The molecule has 94 valence electrons. The molecule has 1 N–H and O–H groups in total. The van der Waals surface area contributed by atoms with Crippen LogP contribution in [0.5, 0.6) is 0 Å². The molecule has 0 heterocycles. The van der Waals surface area contributed by atoms with Crippen molar-refractivity contribution in [3.05, 3.63) is 29.8 Å². The molecule has 0 aliphatic heterocycles. The van der Waals surface area contributed by atoms with Crippen molar-refractivity contribution in [3.63, 3.8) is 0 Å². The number of rotatable bonds is 8. The van der Waals surface area contributed by atoms with E-state index >= 15 is 0 Å². The van der Waals surface area contributed by atoms with Crippen molar-refractivity contribution in [1.29, 1.82) is 0 Å². The van der Waals surface area contributed by atoms with Crippen molar-refractivity contribution >= 4 is 11.8 Å². The molecule has 17 heavy (non-hydrogen) atoms. The summed E-state index contributed by atoms with van der Waals surface area (Å²) in [7, 11) is 1.76. The molecule has 0 aromatic heterocycles. The molecule has 1 saturated carbocycles. The Kier molecular flexibility index (Phi) is 5.36. The molecule has 2 rings (SSSR count). The number of hydrogen-bond acceptors (Lipinski definition) is 3. The van der Waals surface area contributed by atoms with Gasteiger partial charge in [-0.1, -0.05) is 18.2 Å². The topological polar surface area (TPSA) is 21.3 Å². The van der Waals surface area contributed by atoms with Crippen LogP contribution in [0.25, 0.3) is 0 Å². The van der Waals surface area contributed by atoms with E-state index in [1.54, 1.807) is 7.11 Å². The highest BCUT2D eigenvalue weighted by Crippen LogP contribution is 2.25. The molecule has 1 fully saturated rings. The van der Waals surface area contributed by atoms with Crippen LogP contribution in [0.3, 0.4) is 0 Å². The molecular weight excluding hydrogens is 230 g/mol. The fourth-order valence-corrected chi connectivity index (χ4v) is 2.70. The second-order valence-corrected chi connectivity index (χ2v) is 5.59. The Morgan fingerprint density at radius 3 is 2.94 bits per heavy atom. The van der Waals surface area contributed by atoms with E-state index in [2.05, 4.69) is 29.6 Å². The largest absolute Gasteiger partial charge is 0.385 e. The van der Waals surface area contributed by atoms with Gasteiger partial charge in [-0.25, -0.2) is 0 Å². The quantitative estimate of drug-likeness (QED) is 0.567. The number of nitrogens with one attached hydrogen (secondary N) is 1. The molecule has 1 aromatic rings. The lowest BCUT2D eigenvalue weighted by Crippen LogP contribution is -2.15. The summed E-state index contributed by atoms with van der Waals surface area (Å²) >= 11 is 1.94. The summed E-state index contributed by atoms with van der Waals surface area (Å²) in [4.78, 5) is 1.41. The lowest BCUT2D eigenvalue weighted by atomic mass is 10.2. The summed E-state index contributed by atoms with van der Waals surface area (Å²) in [5, 5.41) is 3.58. The van der Waals surface area contributed by atoms with Crippen LogP contribution in [0, 0.1) is 0 Å². The summed E-state index contributed by atoms with van der Waals surface area (Å²) in [5.41, 5.74) is 1.43. The predicted molar refractivity (Wildman–Crippen MR) is 73.5 cm³/mol. The van der Waals surface area contributed by atoms with E-state index in [1.807, 2.05) is 11.8 Å². The fraction of sp³-hybridized carbons (Fsp3) is 0.571. The Labute approximate surface area is 108 Å². The average Bonchev–Trinajstić information content (AvgIpc) is 3.17. The van der Waals surface area contributed by atoms with Crippen LogP contribution in [0.2, 0.25) is 0 Å². The first-order valence-corrected chi connectivity index (χ1v) is 7.31. The molecule has 1 aliphatic carbocycles. The van der Waals surface area contributed by atoms with Crippen molar-refractivity contribution in [1.82, 2.24) is 5.32 Å². The number of methoxy groups -OCH3 is 1. The van der Waals surface area contributed by atoms with Gasteiger partial charge < -0.3 is 10.1 Å². The van der Waals surface area contributed by atoms with E-state index < -0.39 is 0 Å². The predicted octanol–water partition coefficient (Wildman–Crippen LogP) is 3.07. The van der Waals surface area contributed by atoms with E-state index in [1.165, 1.54) is 23.3 Å². The minimum absolute atomic E-state index is 0.779. The highest BCUT2D eigenvalue weighted by molar-refractivity contribution is 7.99. The van der Waals surface area contributed by atoms with Gasteiger partial charge in [-0.3, -0.25) is 0 Å². The number of thioether (sulfide) groups is 1. The first-order valence-electron chi connectivity index (χ1n) is 6.33. The Hall–Kier alpha value is -0.510. The fourth-order valence-electron chi connectivity index (χ4n) is 1.72. The Bertz CT molecular complexity index is 339. The van der Waals surface area contributed by atoms with Gasteiger partial charge in [0.25, 0.3) is 0 Å². The van der Waals surface area contributed by atoms with Crippen molar-refractivity contribution in [2.45, 2.75) is 36.7 Å². The SMILES string of the molecule is COCCCSc1ccccc1CNC1CC1. The highest BCUT2D eigenvalue weighted by atomic mass is 32.2. The van der Waals surface area contributed by atoms with E-state index in [-0.39, 0.29) is 0 Å². The molecule has 2 nitrogen and oxygen atoms in total. The zero-order valence-electron chi connectivity index (χ0n) is 10.4. The molecule has 0 radical (unpaired) electrons. The van der Waals surface area contributed by atoms with Crippen molar-refractivity contribution < 1.29 is 4.74 Å². The second kappa shape index (κ2) is 7.04. The molecule has 0 amide bonds. The summed E-state index contributed by atoms with van der Waals surface area (Å²) < 4.78 is 5.07. The van der Waals surface area contributed by atoms with E-state index in [0.717, 1.165) is 31.4 Å². The maximum absolute atomic E-state index is 5.07. The lowest BCUT2D eigenvalue weighted by Gasteiger charge is -2.09. The van der Waals surface area contributed by atoms with Gasteiger partial charge in [-0.15, -0.1) is 11.8 Å². The maximum atomic E-state index is 5.07. The molecule has 1 aliphatic rings. The van der Waals surface area contributed by atoms with Crippen molar-refractivity contribution in [2.24, 2.45) is 0 Å². The van der Waals surface area contributed by atoms with Crippen LogP contribution < -0.4 is 5.32 Å². The lowest BCUT2D eigenvalue weighted by molar-refractivity contribution is 0.200. The highest BCUT2D eigenvalue weighted by Gasteiger charge is 2.20. The molecule has 0 spiro atoms. The minimum atomic E-state index is 0.779. The third-order valence-corrected chi connectivity index (χ3v) is 4.08. The molecule has 3 heteroatoms. The summed E-state index contributed by atoms with van der Waals surface area (Å²) in [5.74, 6) is 1.13. The van der Waals surface area contributed by atoms with Gasteiger partial charge in [0.2, 0.25) is 0 Å². The Balaban J connectivity index is 1.80. The summed E-state index contributed by atoms with van der Waals surface area (Å²) in [6.45, 7) is 1.87. The van der Waals surface area contributed by atoms with Gasteiger partial charge >= 0.3 is 0 Å². The zero-order chi connectivity index (χ0) is 11.9. The minimum Gasteiger partial charge on any atom is -0.385 e. The molecule has 0 unspecified atom stereocenters. The van der Waals surface area contributed by atoms with Crippen LogP contribution >= 0.6 is 11.8 Å². The average molecular weight is 251 g/mol. The number of benzene rings is 1. The first kappa shape index (κ1) is 12.9. The van der Waals surface area contributed by atoms with E-state index in [0.29, 0.717) is 0 Å². The van der Waals surface area contributed by atoms with Crippen molar-refractivity contribution in [2.75, 3.05) is 19.5 Å². The third kappa shape index (κ3) is 4.70. The number of hydrogen-bond donors (Lipinski definition) is 1. The third-order valence-electron chi connectivity index (χ3n) is 2.88. The van der Waals surface area contributed by atoms with Gasteiger partial charge in [-0.2, -0.15) is 0 Å². The molecule has 0 atom stereocenters. The van der Waals surface area contributed by atoms with Crippen LogP contribution in [0.4, 0.5) is 0 Å². The molecule has 1 aromatic carbocycles. The van der Waals surface area contributed by atoms with Gasteiger partial charge in [0.15, 0.2) is 0 Å². The Morgan fingerprint density at radius 2 is 2.18 bits per heavy atom. The van der Waals surface area contributed by atoms with Crippen molar-refractivity contribution in [3.8, 4) is 0 Å². The van der Waals surface area contributed by atoms with Crippen LogP contribution in [-0.2, 0) is 11.3 Å².